The van der Waals surface area contributed by atoms with Gasteiger partial charge < -0.3 is 4.74 Å². The zero-order valence-electron chi connectivity index (χ0n) is 11.3. The molecule has 0 amide bonds. The molecule has 0 fully saturated rings. The van der Waals surface area contributed by atoms with Crippen LogP contribution in [-0.4, -0.2) is 18.1 Å². The molecule has 0 radical (unpaired) electrons. The molecule has 2 rings (SSSR count). The molecule has 0 saturated heterocycles. The first kappa shape index (κ1) is 14.6. The fourth-order valence-electron chi connectivity index (χ4n) is 1.79. The van der Waals surface area contributed by atoms with E-state index in [1.165, 1.54) is 23.9 Å². The van der Waals surface area contributed by atoms with E-state index in [1.54, 1.807) is 43.5 Å². The number of carbonyl (C=O) groups excluding carboxylic acids is 1. The Morgan fingerprint density at radius 1 is 1.20 bits per heavy atom. The van der Waals surface area contributed by atoms with Gasteiger partial charge in [-0.05, 0) is 49.4 Å². The van der Waals surface area contributed by atoms with Crippen LogP contribution in [0.2, 0.25) is 0 Å². The molecular formula is C16H15FO2S. The number of rotatable bonds is 5. The number of Topliss-reactive ketones (excluding diaryl/α,β-unsaturated/α-hetero) is 1. The predicted molar refractivity (Wildman–Crippen MR) is 79.0 cm³/mol. The third-order valence-electron chi connectivity index (χ3n) is 2.85. The van der Waals surface area contributed by atoms with E-state index < -0.39 is 0 Å². The van der Waals surface area contributed by atoms with Gasteiger partial charge in [0.2, 0.25) is 0 Å². The van der Waals surface area contributed by atoms with E-state index in [0.717, 1.165) is 4.90 Å². The highest BCUT2D eigenvalue weighted by atomic mass is 32.2. The standard InChI is InChI=1S/C16H15FO2S/c1-11(20-15-5-3-4-13(17)10-15)16(18)12-6-8-14(19-2)9-7-12/h3-11H,1-2H3. The highest BCUT2D eigenvalue weighted by molar-refractivity contribution is 8.00. The van der Waals surface area contributed by atoms with Crippen molar-refractivity contribution in [3.63, 3.8) is 0 Å². The van der Waals surface area contributed by atoms with Crippen molar-refractivity contribution in [1.82, 2.24) is 0 Å². The zero-order chi connectivity index (χ0) is 14.5. The van der Waals surface area contributed by atoms with E-state index in [0.29, 0.717) is 11.3 Å². The molecule has 0 bridgehead atoms. The minimum Gasteiger partial charge on any atom is -0.497 e. The number of ketones is 1. The van der Waals surface area contributed by atoms with E-state index in [9.17, 15) is 9.18 Å². The van der Waals surface area contributed by atoms with Crippen LogP contribution in [0.3, 0.4) is 0 Å². The van der Waals surface area contributed by atoms with Gasteiger partial charge in [0.05, 0.1) is 12.4 Å². The number of hydrogen-bond acceptors (Lipinski definition) is 3. The molecule has 4 heteroatoms. The second-order valence-corrected chi connectivity index (χ2v) is 5.72. The Morgan fingerprint density at radius 2 is 1.90 bits per heavy atom. The van der Waals surface area contributed by atoms with Crippen molar-refractivity contribution in [2.24, 2.45) is 0 Å². The van der Waals surface area contributed by atoms with Crippen molar-refractivity contribution < 1.29 is 13.9 Å². The van der Waals surface area contributed by atoms with Crippen molar-refractivity contribution >= 4 is 17.5 Å². The molecule has 0 spiro atoms. The molecule has 2 aromatic carbocycles. The molecule has 0 aromatic heterocycles. The fraction of sp³-hybridized carbons (Fsp3) is 0.188. The number of halogens is 1. The maximum Gasteiger partial charge on any atom is 0.175 e. The first-order chi connectivity index (χ1) is 9.60. The van der Waals surface area contributed by atoms with E-state index in [2.05, 4.69) is 0 Å². The largest absolute Gasteiger partial charge is 0.497 e. The van der Waals surface area contributed by atoms with Gasteiger partial charge in [-0.3, -0.25) is 4.79 Å². The van der Waals surface area contributed by atoms with Crippen molar-refractivity contribution in [3.8, 4) is 5.75 Å². The van der Waals surface area contributed by atoms with Crippen LogP contribution < -0.4 is 4.74 Å². The van der Waals surface area contributed by atoms with Gasteiger partial charge >= 0.3 is 0 Å². The summed E-state index contributed by atoms with van der Waals surface area (Å²) in [6.45, 7) is 1.82. The number of benzene rings is 2. The molecule has 0 aliphatic heterocycles. The van der Waals surface area contributed by atoms with Crippen molar-refractivity contribution in [3.05, 3.63) is 59.9 Å². The van der Waals surface area contributed by atoms with Crippen LogP contribution in [0.5, 0.6) is 5.75 Å². The summed E-state index contributed by atoms with van der Waals surface area (Å²) >= 11 is 1.35. The van der Waals surface area contributed by atoms with Crippen molar-refractivity contribution in [1.29, 1.82) is 0 Å². The van der Waals surface area contributed by atoms with E-state index in [-0.39, 0.29) is 16.9 Å². The van der Waals surface area contributed by atoms with Gasteiger partial charge in [-0.15, -0.1) is 11.8 Å². The molecule has 2 nitrogen and oxygen atoms in total. The molecule has 1 atom stereocenters. The third kappa shape index (κ3) is 3.61. The molecule has 1 unspecified atom stereocenters. The van der Waals surface area contributed by atoms with Gasteiger partial charge in [-0.2, -0.15) is 0 Å². The van der Waals surface area contributed by atoms with Gasteiger partial charge in [0, 0.05) is 10.5 Å². The Hall–Kier alpha value is -1.81. The van der Waals surface area contributed by atoms with E-state index in [1.807, 2.05) is 6.92 Å². The molecule has 0 N–H and O–H groups in total. The Labute approximate surface area is 122 Å². The lowest BCUT2D eigenvalue weighted by atomic mass is 10.1. The summed E-state index contributed by atoms with van der Waals surface area (Å²) in [5.74, 6) is 0.438. The molecule has 20 heavy (non-hydrogen) atoms. The van der Waals surface area contributed by atoms with E-state index in [4.69, 9.17) is 4.74 Å². The average Bonchev–Trinajstić information content (AvgIpc) is 2.46. The fourth-order valence-corrected chi connectivity index (χ4v) is 2.78. The number of ether oxygens (including phenoxy) is 1. The Bertz CT molecular complexity index is 596. The van der Waals surface area contributed by atoms with Crippen molar-refractivity contribution in [2.75, 3.05) is 7.11 Å². The molecule has 0 saturated carbocycles. The second kappa shape index (κ2) is 6.57. The first-order valence-corrected chi connectivity index (χ1v) is 7.08. The summed E-state index contributed by atoms with van der Waals surface area (Å²) in [5.41, 5.74) is 0.627. The number of carbonyl (C=O) groups is 1. The Morgan fingerprint density at radius 3 is 2.50 bits per heavy atom. The molecule has 0 aliphatic rings. The van der Waals surface area contributed by atoms with Gasteiger partial charge in [0.1, 0.15) is 11.6 Å². The van der Waals surface area contributed by atoms with Crippen LogP contribution in [0.25, 0.3) is 0 Å². The van der Waals surface area contributed by atoms with Crippen LogP contribution in [0.15, 0.2) is 53.4 Å². The molecule has 2 aromatic rings. The van der Waals surface area contributed by atoms with Gasteiger partial charge in [0.25, 0.3) is 0 Å². The molecule has 0 heterocycles. The van der Waals surface area contributed by atoms with Crippen LogP contribution in [0.4, 0.5) is 4.39 Å². The number of thioether (sulfide) groups is 1. The van der Waals surface area contributed by atoms with Crippen LogP contribution in [-0.2, 0) is 0 Å². The number of methoxy groups -OCH3 is 1. The summed E-state index contributed by atoms with van der Waals surface area (Å²) in [6.07, 6.45) is 0. The molecule has 0 aliphatic carbocycles. The van der Waals surface area contributed by atoms with Gasteiger partial charge in [-0.1, -0.05) is 6.07 Å². The monoisotopic (exact) mass is 290 g/mol. The maximum atomic E-state index is 13.1. The lowest BCUT2D eigenvalue weighted by molar-refractivity contribution is 0.0994. The van der Waals surface area contributed by atoms with Gasteiger partial charge in [0.15, 0.2) is 5.78 Å². The van der Waals surface area contributed by atoms with Crippen LogP contribution in [0.1, 0.15) is 17.3 Å². The number of hydrogen-bond donors (Lipinski definition) is 0. The first-order valence-electron chi connectivity index (χ1n) is 6.20. The summed E-state index contributed by atoms with van der Waals surface area (Å²) in [5, 5.41) is -0.273. The highest BCUT2D eigenvalue weighted by Crippen LogP contribution is 2.26. The Balaban J connectivity index is 2.07. The third-order valence-corrected chi connectivity index (χ3v) is 3.95. The second-order valence-electron chi connectivity index (χ2n) is 4.31. The van der Waals surface area contributed by atoms with Crippen molar-refractivity contribution in [2.45, 2.75) is 17.1 Å². The maximum absolute atomic E-state index is 13.1. The quantitative estimate of drug-likeness (QED) is 0.610. The smallest absolute Gasteiger partial charge is 0.175 e. The summed E-state index contributed by atoms with van der Waals surface area (Å²) in [7, 11) is 1.58. The average molecular weight is 290 g/mol. The summed E-state index contributed by atoms with van der Waals surface area (Å²) in [6, 6.07) is 13.3. The minimum atomic E-state index is -0.293. The SMILES string of the molecule is COc1ccc(C(=O)C(C)Sc2cccc(F)c2)cc1. The van der Waals surface area contributed by atoms with Crippen LogP contribution in [0, 0.1) is 5.82 Å². The van der Waals surface area contributed by atoms with E-state index >= 15 is 0 Å². The normalized spacial score (nSPS) is 11.9. The lowest BCUT2D eigenvalue weighted by Crippen LogP contribution is -2.13. The molecule has 104 valence electrons. The zero-order valence-corrected chi connectivity index (χ0v) is 12.1. The lowest BCUT2D eigenvalue weighted by Gasteiger charge is -2.10. The minimum absolute atomic E-state index is 0.0157. The van der Waals surface area contributed by atoms with Crippen LogP contribution >= 0.6 is 11.8 Å². The van der Waals surface area contributed by atoms with Gasteiger partial charge in [-0.25, -0.2) is 4.39 Å². The predicted octanol–water partition coefficient (Wildman–Crippen LogP) is 4.20. The topological polar surface area (TPSA) is 26.3 Å². The summed E-state index contributed by atoms with van der Waals surface area (Å²) in [4.78, 5) is 13.0. The highest BCUT2D eigenvalue weighted by Gasteiger charge is 2.16. The summed E-state index contributed by atoms with van der Waals surface area (Å²) < 4.78 is 18.2. The molecular weight excluding hydrogens is 275 g/mol. The Kier molecular flexibility index (Phi) is 4.79.